The molecule has 8 nitrogen and oxygen atoms in total. The second kappa shape index (κ2) is 13.2. The van der Waals surface area contributed by atoms with Crippen LogP contribution in [0.25, 0.3) is 0 Å². The van der Waals surface area contributed by atoms with Gasteiger partial charge in [0.15, 0.2) is 0 Å². The summed E-state index contributed by atoms with van der Waals surface area (Å²) in [6.07, 6.45) is 8.27. The predicted molar refractivity (Wildman–Crippen MR) is 164 cm³/mol. The molecule has 4 heterocycles. The van der Waals surface area contributed by atoms with E-state index in [2.05, 4.69) is 52.5 Å². The van der Waals surface area contributed by atoms with E-state index in [0.717, 1.165) is 107 Å². The largest absolute Gasteiger partial charge is 0.481 e. The van der Waals surface area contributed by atoms with Crippen molar-refractivity contribution in [2.24, 2.45) is 11.3 Å². The monoisotopic (exact) mass is 561 g/mol. The number of carboxylic acid groups (broad SMARTS) is 1. The van der Waals surface area contributed by atoms with Gasteiger partial charge in [0.25, 0.3) is 0 Å². The summed E-state index contributed by atoms with van der Waals surface area (Å²) in [5.74, 6) is -0.757. The number of nitrogens with zero attached hydrogens (tertiary/aromatic N) is 3. The van der Waals surface area contributed by atoms with Gasteiger partial charge in [-0.15, -0.1) is 0 Å². The third-order valence-corrected chi connectivity index (χ3v) is 9.27. The van der Waals surface area contributed by atoms with Crippen molar-refractivity contribution < 1.29 is 14.7 Å². The van der Waals surface area contributed by atoms with E-state index >= 15 is 0 Å². The minimum atomic E-state index is -0.904. The van der Waals surface area contributed by atoms with Crippen LogP contribution in [0.1, 0.15) is 75.1 Å². The van der Waals surface area contributed by atoms with Crippen LogP contribution < -0.4 is 15.5 Å². The van der Waals surface area contributed by atoms with Crippen molar-refractivity contribution in [1.29, 1.82) is 0 Å². The SMILES string of the molecule is CC1(C)CCN(c2cccc([C@H](CNC(=O)[C@@H]3CCCN(CCCc4ccc5c(n4)NCCC5)C3)C(=O)O)c2)CC1. The first-order chi connectivity index (χ1) is 19.8. The molecule has 0 saturated carbocycles. The maximum atomic E-state index is 13.2. The van der Waals surface area contributed by atoms with Gasteiger partial charge < -0.3 is 25.5 Å². The van der Waals surface area contributed by atoms with Crippen molar-refractivity contribution >= 4 is 23.4 Å². The van der Waals surface area contributed by atoms with Crippen molar-refractivity contribution in [2.45, 2.75) is 71.1 Å². The number of aryl methyl sites for hydroxylation is 2. The fourth-order valence-electron chi connectivity index (χ4n) is 6.47. The number of amides is 1. The molecule has 5 rings (SSSR count). The number of hydrogen-bond donors (Lipinski definition) is 3. The van der Waals surface area contributed by atoms with Crippen LogP contribution in [-0.4, -0.2) is 72.7 Å². The lowest BCUT2D eigenvalue weighted by Gasteiger charge is -2.38. The fraction of sp³-hybridized carbons (Fsp3) is 0.606. The van der Waals surface area contributed by atoms with Gasteiger partial charge in [0.05, 0.1) is 11.8 Å². The van der Waals surface area contributed by atoms with Crippen LogP contribution in [-0.2, 0) is 22.4 Å². The van der Waals surface area contributed by atoms with Crippen LogP contribution in [0.15, 0.2) is 36.4 Å². The first-order valence-electron chi connectivity index (χ1n) is 15.6. The number of aromatic nitrogens is 1. The number of rotatable bonds is 10. The van der Waals surface area contributed by atoms with Crippen LogP contribution in [0, 0.1) is 11.3 Å². The van der Waals surface area contributed by atoms with Crippen molar-refractivity contribution in [1.82, 2.24) is 15.2 Å². The lowest BCUT2D eigenvalue weighted by atomic mass is 9.82. The molecule has 0 bridgehead atoms. The van der Waals surface area contributed by atoms with Crippen LogP contribution >= 0.6 is 0 Å². The Hall–Kier alpha value is -3.13. The van der Waals surface area contributed by atoms with Crippen molar-refractivity contribution in [2.75, 3.05) is 56.0 Å². The minimum Gasteiger partial charge on any atom is -0.481 e. The standard InChI is InChI=1S/C33H47N5O3/c1-33(2)14-19-38(20-15-33)28-11-3-7-25(21-28)29(32(40)41)22-35-31(39)26-9-5-17-37(23-26)18-6-10-27-13-12-24-8-4-16-34-30(24)36-27/h3,7,11-13,21,26,29H,4-6,8-10,14-20,22-23H2,1-2H3,(H,34,36)(H,35,39)(H,40,41)/t26-,29+/m1/s1. The van der Waals surface area contributed by atoms with Gasteiger partial charge in [0, 0.05) is 44.1 Å². The Labute approximate surface area is 244 Å². The molecular weight excluding hydrogens is 514 g/mol. The first kappa shape index (κ1) is 29.4. The Morgan fingerprint density at radius 3 is 2.78 bits per heavy atom. The zero-order valence-corrected chi connectivity index (χ0v) is 24.8. The van der Waals surface area contributed by atoms with E-state index in [-0.39, 0.29) is 18.4 Å². The van der Waals surface area contributed by atoms with E-state index in [1.807, 2.05) is 18.2 Å². The molecule has 41 heavy (non-hydrogen) atoms. The Morgan fingerprint density at radius 2 is 1.98 bits per heavy atom. The summed E-state index contributed by atoms with van der Waals surface area (Å²) in [5, 5.41) is 16.4. The van der Waals surface area contributed by atoms with E-state index in [4.69, 9.17) is 4.98 Å². The van der Waals surface area contributed by atoms with Gasteiger partial charge in [0.1, 0.15) is 5.82 Å². The molecule has 0 aliphatic carbocycles. The second-order valence-corrected chi connectivity index (χ2v) is 13.0. The average Bonchev–Trinajstić information content (AvgIpc) is 2.97. The summed E-state index contributed by atoms with van der Waals surface area (Å²) in [6.45, 7) is 10.3. The van der Waals surface area contributed by atoms with Gasteiger partial charge in [-0.25, -0.2) is 4.98 Å². The number of likely N-dealkylation sites (tertiary alicyclic amines) is 1. The Morgan fingerprint density at radius 1 is 1.15 bits per heavy atom. The molecule has 0 radical (unpaired) electrons. The highest BCUT2D eigenvalue weighted by molar-refractivity contribution is 5.81. The molecule has 2 saturated heterocycles. The maximum absolute atomic E-state index is 13.2. The van der Waals surface area contributed by atoms with Crippen LogP contribution in [0.5, 0.6) is 0 Å². The van der Waals surface area contributed by atoms with Crippen molar-refractivity contribution in [3.8, 4) is 0 Å². The number of anilines is 2. The zero-order chi connectivity index (χ0) is 28.8. The van der Waals surface area contributed by atoms with E-state index in [0.29, 0.717) is 5.41 Å². The van der Waals surface area contributed by atoms with Crippen LogP contribution in [0.4, 0.5) is 11.5 Å². The third-order valence-electron chi connectivity index (χ3n) is 9.27. The summed E-state index contributed by atoms with van der Waals surface area (Å²) in [6, 6.07) is 12.2. The smallest absolute Gasteiger partial charge is 0.312 e. The van der Waals surface area contributed by atoms with E-state index in [1.54, 1.807) is 0 Å². The molecule has 1 amide bonds. The lowest BCUT2D eigenvalue weighted by molar-refractivity contribution is -0.138. The Kier molecular flexibility index (Phi) is 9.48. The molecule has 3 N–H and O–H groups in total. The average molecular weight is 562 g/mol. The van der Waals surface area contributed by atoms with Crippen LogP contribution in [0.3, 0.4) is 0 Å². The molecular formula is C33H47N5O3. The molecule has 2 aromatic rings. The van der Waals surface area contributed by atoms with Crippen molar-refractivity contribution in [3.05, 3.63) is 53.2 Å². The second-order valence-electron chi connectivity index (χ2n) is 13.0. The van der Waals surface area contributed by atoms with E-state index < -0.39 is 11.9 Å². The van der Waals surface area contributed by atoms with Gasteiger partial charge in [-0.3, -0.25) is 9.59 Å². The summed E-state index contributed by atoms with van der Waals surface area (Å²) in [5.41, 5.74) is 4.61. The minimum absolute atomic E-state index is 0.0298. The highest BCUT2D eigenvalue weighted by Gasteiger charge is 2.29. The van der Waals surface area contributed by atoms with Crippen molar-refractivity contribution in [3.63, 3.8) is 0 Å². The third kappa shape index (κ3) is 7.79. The fourth-order valence-corrected chi connectivity index (χ4v) is 6.47. The number of carbonyl (C=O) groups is 2. The first-order valence-corrected chi connectivity index (χ1v) is 15.6. The number of carbonyl (C=O) groups excluding carboxylic acids is 1. The molecule has 2 atom stereocenters. The maximum Gasteiger partial charge on any atom is 0.312 e. The topological polar surface area (TPSA) is 97.8 Å². The molecule has 1 aromatic carbocycles. The van der Waals surface area contributed by atoms with Gasteiger partial charge in [-0.1, -0.05) is 32.0 Å². The van der Waals surface area contributed by atoms with Gasteiger partial charge in [-0.2, -0.15) is 0 Å². The quantitative estimate of drug-likeness (QED) is 0.387. The molecule has 0 unspecified atom stereocenters. The summed E-state index contributed by atoms with van der Waals surface area (Å²) in [4.78, 5) is 34.9. The number of nitrogens with one attached hydrogen (secondary N) is 2. The van der Waals surface area contributed by atoms with Gasteiger partial charge >= 0.3 is 5.97 Å². The number of piperidine rings is 2. The Balaban J connectivity index is 1.10. The van der Waals surface area contributed by atoms with E-state index in [9.17, 15) is 14.7 Å². The summed E-state index contributed by atoms with van der Waals surface area (Å²) in [7, 11) is 0. The Bertz CT molecular complexity index is 1210. The summed E-state index contributed by atoms with van der Waals surface area (Å²) >= 11 is 0. The number of aliphatic carboxylic acids is 1. The molecule has 0 spiro atoms. The molecule has 8 heteroatoms. The van der Waals surface area contributed by atoms with E-state index in [1.165, 1.54) is 12.0 Å². The number of benzene rings is 1. The number of carboxylic acids is 1. The van der Waals surface area contributed by atoms with Gasteiger partial charge in [-0.05, 0) is 99.2 Å². The predicted octanol–water partition coefficient (Wildman–Crippen LogP) is 4.70. The van der Waals surface area contributed by atoms with Gasteiger partial charge in [0.2, 0.25) is 5.91 Å². The number of hydrogen-bond acceptors (Lipinski definition) is 6. The highest BCUT2D eigenvalue weighted by Crippen LogP contribution is 2.33. The number of pyridine rings is 1. The molecule has 3 aliphatic rings. The number of fused-ring (bicyclic) bond motifs is 1. The normalized spacial score (nSPS) is 21.4. The molecule has 3 aliphatic heterocycles. The molecule has 2 fully saturated rings. The molecule has 222 valence electrons. The zero-order valence-electron chi connectivity index (χ0n) is 24.8. The van der Waals surface area contributed by atoms with Crippen LogP contribution in [0.2, 0.25) is 0 Å². The molecule has 1 aromatic heterocycles. The summed E-state index contributed by atoms with van der Waals surface area (Å²) < 4.78 is 0. The lowest BCUT2D eigenvalue weighted by Crippen LogP contribution is -2.44. The highest BCUT2D eigenvalue weighted by atomic mass is 16.4.